The summed E-state index contributed by atoms with van der Waals surface area (Å²) >= 11 is 1.57. The van der Waals surface area contributed by atoms with E-state index in [4.69, 9.17) is 5.73 Å². The van der Waals surface area contributed by atoms with Crippen LogP contribution >= 0.6 is 11.3 Å². The highest BCUT2D eigenvalue weighted by molar-refractivity contribution is 7.16. The van der Waals surface area contributed by atoms with Crippen molar-refractivity contribution in [1.29, 1.82) is 5.26 Å². The van der Waals surface area contributed by atoms with Crippen LogP contribution in [0, 0.1) is 17.2 Å². The maximum absolute atomic E-state index is 12.1. The minimum Gasteiger partial charge on any atom is -0.327 e. The second-order valence-electron chi connectivity index (χ2n) is 6.04. The van der Waals surface area contributed by atoms with Crippen molar-refractivity contribution in [3.63, 3.8) is 0 Å². The highest BCUT2D eigenvalue weighted by Gasteiger charge is 2.21. The molecule has 2 rings (SSSR count). The molecule has 0 aliphatic heterocycles. The molecule has 1 atom stereocenters. The van der Waals surface area contributed by atoms with Gasteiger partial charge < -0.3 is 11.1 Å². The molecule has 1 amide bonds. The van der Waals surface area contributed by atoms with Crippen LogP contribution in [0.1, 0.15) is 55.5 Å². The molecule has 114 valence electrons. The Labute approximate surface area is 130 Å². The van der Waals surface area contributed by atoms with Gasteiger partial charge in [0.1, 0.15) is 11.1 Å². The largest absolute Gasteiger partial charge is 0.327 e. The van der Waals surface area contributed by atoms with Gasteiger partial charge in [-0.2, -0.15) is 5.26 Å². The first-order valence-electron chi connectivity index (χ1n) is 7.63. The number of nitrogens with two attached hydrogens (primary N) is 1. The van der Waals surface area contributed by atoms with Crippen molar-refractivity contribution in [2.45, 2.75) is 58.4 Å². The maximum Gasteiger partial charge on any atom is 0.226 e. The molecular formula is C16H23N3OS. The molecule has 0 fully saturated rings. The lowest BCUT2D eigenvalue weighted by Crippen LogP contribution is -2.31. The molecule has 0 saturated heterocycles. The Kier molecular flexibility index (Phi) is 5.38. The summed E-state index contributed by atoms with van der Waals surface area (Å²) in [4.78, 5) is 13.4. The van der Waals surface area contributed by atoms with Crippen molar-refractivity contribution in [1.82, 2.24) is 0 Å². The third-order valence-corrected chi connectivity index (χ3v) is 5.27. The third-order valence-electron chi connectivity index (χ3n) is 4.06. The van der Waals surface area contributed by atoms with Gasteiger partial charge in [0.25, 0.3) is 0 Å². The predicted octanol–water partition coefficient (Wildman–Crippen LogP) is 3.20. The van der Waals surface area contributed by atoms with E-state index >= 15 is 0 Å². The van der Waals surface area contributed by atoms with Gasteiger partial charge in [-0.05, 0) is 37.2 Å². The van der Waals surface area contributed by atoms with Crippen LogP contribution in [0.5, 0.6) is 0 Å². The van der Waals surface area contributed by atoms with E-state index in [2.05, 4.69) is 11.4 Å². The molecule has 1 unspecified atom stereocenters. The Bertz CT molecular complexity index is 557. The van der Waals surface area contributed by atoms with Gasteiger partial charge in [0.15, 0.2) is 0 Å². The van der Waals surface area contributed by atoms with Gasteiger partial charge in [-0.1, -0.05) is 20.3 Å². The molecule has 5 heteroatoms. The normalized spacial score (nSPS) is 16.0. The van der Waals surface area contributed by atoms with Crippen LogP contribution in [-0.4, -0.2) is 11.9 Å². The smallest absolute Gasteiger partial charge is 0.226 e. The van der Waals surface area contributed by atoms with Gasteiger partial charge in [0, 0.05) is 17.3 Å². The molecule has 1 aromatic rings. The molecule has 0 bridgehead atoms. The van der Waals surface area contributed by atoms with Crippen LogP contribution in [0.3, 0.4) is 0 Å². The fourth-order valence-corrected chi connectivity index (χ4v) is 3.83. The zero-order chi connectivity index (χ0) is 15.4. The molecule has 0 spiro atoms. The SMILES string of the molecule is CC(C)C(N)CC(=O)Nc1sc2c(c1C#N)CCCCC2. The van der Waals surface area contributed by atoms with E-state index < -0.39 is 0 Å². The molecule has 0 saturated carbocycles. The number of amides is 1. The number of hydrogen-bond acceptors (Lipinski definition) is 4. The minimum atomic E-state index is -0.145. The zero-order valence-corrected chi connectivity index (χ0v) is 13.6. The van der Waals surface area contributed by atoms with E-state index in [-0.39, 0.29) is 17.9 Å². The number of aryl methyl sites for hydroxylation is 1. The number of fused-ring (bicyclic) bond motifs is 1. The van der Waals surface area contributed by atoms with Crippen LogP contribution in [0.2, 0.25) is 0 Å². The van der Waals surface area contributed by atoms with Gasteiger partial charge in [-0.3, -0.25) is 4.79 Å². The first-order valence-corrected chi connectivity index (χ1v) is 8.44. The summed E-state index contributed by atoms with van der Waals surface area (Å²) in [5, 5.41) is 13.0. The summed E-state index contributed by atoms with van der Waals surface area (Å²) in [6.45, 7) is 4.01. The van der Waals surface area contributed by atoms with E-state index in [1.54, 1.807) is 11.3 Å². The molecule has 3 N–H and O–H groups in total. The second kappa shape index (κ2) is 7.06. The molecule has 0 aromatic carbocycles. The molecule has 0 radical (unpaired) electrons. The average molecular weight is 305 g/mol. The Morgan fingerprint density at radius 3 is 2.76 bits per heavy atom. The van der Waals surface area contributed by atoms with E-state index in [9.17, 15) is 10.1 Å². The van der Waals surface area contributed by atoms with Crippen molar-refractivity contribution in [2.24, 2.45) is 11.7 Å². The molecule has 1 heterocycles. The number of nitrogens with zero attached hydrogens (tertiary/aromatic N) is 1. The van der Waals surface area contributed by atoms with Crippen molar-refractivity contribution in [3.05, 3.63) is 16.0 Å². The summed E-state index contributed by atoms with van der Waals surface area (Å²) < 4.78 is 0. The standard InChI is InChI=1S/C16H23N3OS/c1-10(2)13(18)8-15(20)19-16-12(9-17)11-6-4-3-5-7-14(11)21-16/h10,13H,3-8,18H2,1-2H3,(H,19,20). The molecular weight excluding hydrogens is 282 g/mol. The summed E-state index contributed by atoms with van der Waals surface area (Å²) in [6, 6.07) is 2.13. The number of carbonyl (C=O) groups is 1. The molecule has 1 aliphatic carbocycles. The van der Waals surface area contributed by atoms with Crippen molar-refractivity contribution < 1.29 is 4.79 Å². The van der Waals surface area contributed by atoms with E-state index in [0.29, 0.717) is 17.0 Å². The summed E-state index contributed by atoms with van der Waals surface area (Å²) in [7, 11) is 0. The predicted molar refractivity (Wildman–Crippen MR) is 86.4 cm³/mol. The maximum atomic E-state index is 12.1. The number of rotatable bonds is 4. The van der Waals surface area contributed by atoms with Crippen LogP contribution in [0.15, 0.2) is 0 Å². The Morgan fingerprint density at radius 2 is 2.10 bits per heavy atom. The zero-order valence-electron chi connectivity index (χ0n) is 12.7. The average Bonchev–Trinajstić information content (AvgIpc) is 2.59. The van der Waals surface area contributed by atoms with Gasteiger partial charge in [-0.25, -0.2) is 0 Å². The van der Waals surface area contributed by atoms with Crippen LogP contribution in [0.4, 0.5) is 5.00 Å². The van der Waals surface area contributed by atoms with E-state index in [1.165, 1.54) is 17.7 Å². The highest BCUT2D eigenvalue weighted by atomic mass is 32.1. The van der Waals surface area contributed by atoms with Gasteiger partial charge >= 0.3 is 0 Å². The summed E-state index contributed by atoms with van der Waals surface area (Å²) in [5.41, 5.74) is 7.76. The van der Waals surface area contributed by atoms with Crippen molar-refractivity contribution >= 4 is 22.2 Å². The minimum absolute atomic E-state index is 0.0934. The summed E-state index contributed by atoms with van der Waals surface area (Å²) in [5.74, 6) is 0.176. The first-order chi connectivity index (χ1) is 10.0. The quantitative estimate of drug-likeness (QED) is 0.838. The van der Waals surface area contributed by atoms with Crippen LogP contribution < -0.4 is 11.1 Å². The monoisotopic (exact) mass is 305 g/mol. The van der Waals surface area contributed by atoms with Gasteiger partial charge in [0.05, 0.1) is 5.56 Å². The number of thiophene rings is 1. The lowest BCUT2D eigenvalue weighted by molar-refractivity contribution is -0.116. The lowest BCUT2D eigenvalue weighted by Gasteiger charge is -2.14. The Morgan fingerprint density at radius 1 is 1.38 bits per heavy atom. The van der Waals surface area contributed by atoms with Gasteiger partial charge in [0.2, 0.25) is 5.91 Å². The third kappa shape index (κ3) is 3.84. The van der Waals surface area contributed by atoms with Gasteiger partial charge in [-0.15, -0.1) is 11.3 Å². The fourth-order valence-electron chi connectivity index (χ4n) is 2.58. The highest BCUT2D eigenvalue weighted by Crippen LogP contribution is 2.37. The Balaban J connectivity index is 2.14. The van der Waals surface area contributed by atoms with Crippen LogP contribution in [-0.2, 0) is 17.6 Å². The first kappa shape index (κ1) is 16.0. The molecule has 1 aromatic heterocycles. The Hall–Kier alpha value is -1.38. The van der Waals surface area contributed by atoms with Crippen LogP contribution in [0.25, 0.3) is 0 Å². The molecule has 21 heavy (non-hydrogen) atoms. The molecule has 4 nitrogen and oxygen atoms in total. The number of anilines is 1. The molecule has 1 aliphatic rings. The fraction of sp³-hybridized carbons (Fsp3) is 0.625. The second-order valence-corrected chi connectivity index (χ2v) is 7.15. The van der Waals surface area contributed by atoms with E-state index in [1.807, 2.05) is 13.8 Å². The number of nitrogens with one attached hydrogen (secondary N) is 1. The van der Waals surface area contributed by atoms with Crippen molar-refractivity contribution in [2.75, 3.05) is 5.32 Å². The lowest BCUT2D eigenvalue weighted by atomic mass is 10.0. The van der Waals surface area contributed by atoms with Crippen molar-refractivity contribution in [3.8, 4) is 6.07 Å². The van der Waals surface area contributed by atoms with E-state index in [0.717, 1.165) is 24.8 Å². The topological polar surface area (TPSA) is 78.9 Å². The number of hydrogen-bond donors (Lipinski definition) is 2. The summed E-state index contributed by atoms with van der Waals surface area (Å²) in [6.07, 6.45) is 5.79. The number of carbonyl (C=O) groups excluding carboxylic acids is 1. The number of nitriles is 1.